The third-order valence-corrected chi connectivity index (χ3v) is 2.32. The van der Waals surface area contributed by atoms with Gasteiger partial charge in [-0.15, -0.1) is 0 Å². The van der Waals surface area contributed by atoms with Crippen molar-refractivity contribution in [3.8, 4) is 6.07 Å². The second-order valence-corrected chi connectivity index (χ2v) is 3.43. The molecule has 1 aromatic heterocycles. The molecule has 0 unspecified atom stereocenters. The molecule has 0 aliphatic rings. The second-order valence-electron chi connectivity index (χ2n) is 3.43. The minimum Gasteiger partial charge on any atom is -0.478 e. The van der Waals surface area contributed by atoms with Gasteiger partial charge in [0.2, 0.25) is 0 Å². The van der Waals surface area contributed by atoms with Crippen LogP contribution in [0.15, 0.2) is 12.3 Å². The Labute approximate surface area is 99.3 Å². The molecule has 90 valence electrons. The van der Waals surface area contributed by atoms with Crippen LogP contribution in [0.25, 0.3) is 0 Å². The Bertz CT molecular complexity index is 453. The van der Waals surface area contributed by atoms with Gasteiger partial charge in [-0.3, -0.25) is 0 Å². The number of aromatic carboxylic acids is 1. The molecule has 0 bridgehead atoms. The van der Waals surface area contributed by atoms with Crippen LogP contribution < -0.4 is 10.6 Å². The van der Waals surface area contributed by atoms with Crippen molar-refractivity contribution in [1.82, 2.24) is 4.98 Å². The maximum atomic E-state index is 10.7. The zero-order chi connectivity index (χ0) is 12.8. The fraction of sp³-hybridized carbons (Fsp3) is 0.364. The summed E-state index contributed by atoms with van der Waals surface area (Å²) < 4.78 is 0. The molecule has 3 N–H and O–H groups in total. The standard InChI is InChI=1S/C11H14N4O2/c1-2-15(5-3-4-12)10-9(13)6-8(7-14-10)11(16)17/h6-7H,2-3,5,13H2,1H3,(H,16,17). The van der Waals surface area contributed by atoms with Gasteiger partial charge in [0.15, 0.2) is 5.82 Å². The topological polar surface area (TPSA) is 103 Å². The number of hydrogen-bond acceptors (Lipinski definition) is 5. The minimum absolute atomic E-state index is 0.0580. The highest BCUT2D eigenvalue weighted by Gasteiger charge is 2.12. The zero-order valence-corrected chi connectivity index (χ0v) is 9.55. The molecule has 0 radical (unpaired) electrons. The summed E-state index contributed by atoms with van der Waals surface area (Å²) in [5, 5.41) is 17.3. The molecule has 0 amide bonds. The number of aromatic nitrogens is 1. The number of anilines is 2. The van der Waals surface area contributed by atoms with Crippen molar-refractivity contribution in [2.75, 3.05) is 23.7 Å². The van der Waals surface area contributed by atoms with Crippen molar-refractivity contribution < 1.29 is 9.90 Å². The van der Waals surface area contributed by atoms with Crippen LogP contribution in [0.2, 0.25) is 0 Å². The van der Waals surface area contributed by atoms with E-state index in [2.05, 4.69) is 4.98 Å². The molecule has 0 spiro atoms. The molecule has 0 saturated heterocycles. The van der Waals surface area contributed by atoms with Gasteiger partial charge in [-0.05, 0) is 13.0 Å². The molecule has 0 saturated carbocycles. The average Bonchev–Trinajstić information content (AvgIpc) is 2.31. The number of carbonyl (C=O) groups is 1. The van der Waals surface area contributed by atoms with Crippen molar-refractivity contribution >= 4 is 17.5 Å². The summed E-state index contributed by atoms with van der Waals surface area (Å²) >= 11 is 0. The van der Waals surface area contributed by atoms with Crippen molar-refractivity contribution in [3.63, 3.8) is 0 Å². The quantitative estimate of drug-likeness (QED) is 0.790. The largest absolute Gasteiger partial charge is 0.478 e. The number of nitrogens with two attached hydrogens (primary N) is 1. The smallest absolute Gasteiger partial charge is 0.337 e. The molecule has 0 fully saturated rings. The van der Waals surface area contributed by atoms with Gasteiger partial charge in [0.25, 0.3) is 0 Å². The Morgan fingerprint density at radius 1 is 1.71 bits per heavy atom. The maximum Gasteiger partial charge on any atom is 0.337 e. The molecular weight excluding hydrogens is 220 g/mol. The first kappa shape index (κ1) is 12.8. The van der Waals surface area contributed by atoms with Crippen molar-refractivity contribution in [1.29, 1.82) is 5.26 Å². The molecule has 1 aromatic rings. The lowest BCUT2D eigenvalue weighted by atomic mass is 10.2. The van der Waals surface area contributed by atoms with Gasteiger partial charge < -0.3 is 15.7 Å². The molecule has 0 aliphatic heterocycles. The predicted molar refractivity (Wildman–Crippen MR) is 63.7 cm³/mol. The zero-order valence-electron chi connectivity index (χ0n) is 9.55. The number of rotatable bonds is 5. The van der Waals surface area contributed by atoms with E-state index in [1.54, 1.807) is 0 Å². The fourth-order valence-electron chi connectivity index (χ4n) is 1.45. The molecule has 1 rings (SSSR count). The first-order chi connectivity index (χ1) is 8.10. The number of carboxylic acids is 1. The highest BCUT2D eigenvalue weighted by molar-refractivity contribution is 5.89. The van der Waals surface area contributed by atoms with Crippen LogP contribution in [0.1, 0.15) is 23.7 Å². The Balaban J connectivity index is 2.97. The van der Waals surface area contributed by atoms with Crippen LogP contribution in [0.3, 0.4) is 0 Å². The Morgan fingerprint density at radius 3 is 2.88 bits per heavy atom. The van der Waals surface area contributed by atoms with Crippen LogP contribution in [-0.2, 0) is 0 Å². The lowest BCUT2D eigenvalue weighted by molar-refractivity contribution is 0.0696. The normalized spacial score (nSPS) is 9.65. The van der Waals surface area contributed by atoms with E-state index in [0.717, 1.165) is 0 Å². The molecule has 17 heavy (non-hydrogen) atoms. The van der Waals surface area contributed by atoms with Crippen molar-refractivity contribution in [3.05, 3.63) is 17.8 Å². The van der Waals surface area contributed by atoms with Crippen LogP contribution in [0.5, 0.6) is 0 Å². The monoisotopic (exact) mass is 234 g/mol. The van der Waals surface area contributed by atoms with E-state index in [-0.39, 0.29) is 5.56 Å². The Kier molecular flexibility index (Phi) is 4.29. The van der Waals surface area contributed by atoms with Gasteiger partial charge >= 0.3 is 5.97 Å². The molecule has 0 atom stereocenters. The van der Waals surface area contributed by atoms with E-state index >= 15 is 0 Å². The summed E-state index contributed by atoms with van der Waals surface area (Å²) in [6.07, 6.45) is 1.64. The van der Waals surface area contributed by atoms with Crippen molar-refractivity contribution in [2.45, 2.75) is 13.3 Å². The van der Waals surface area contributed by atoms with Gasteiger partial charge in [-0.25, -0.2) is 9.78 Å². The second kappa shape index (κ2) is 5.70. The number of nitrogens with zero attached hydrogens (tertiary/aromatic N) is 3. The summed E-state index contributed by atoms with van der Waals surface area (Å²) in [4.78, 5) is 16.6. The van der Waals surface area contributed by atoms with Crippen LogP contribution >= 0.6 is 0 Å². The summed E-state index contributed by atoms with van der Waals surface area (Å²) in [5.41, 5.74) is 6.12. The van der Waals surface area contributed by atoms with Gasteiger partial charge in [-0.2, -0.15) is 5.26 Å². The summed E-state index contributed by atoms with van der Waals surface area (Å²) in [7, 11) is 0. The number of hydrogen-bond donors (Lipinski definition) is 2. The lowest BCUT2D eigenvalue weighted by Gasteiger charge is -2.22. The Morgan fingerprint density at radius 2 is 2.41 bits per heavy atom. The van der Waals surface area contributed by atoms with Crippen molar-refractivity contribution in [2.24, 2.45) is 0 Å². The molecule has 0 aliphatic carbocycles. The van der Waals surface area contributed by atoms with E-state index in [1.807, 2.05) is 17.9 Å². The molecule has 6 heteroatoms. The van der Waals surface area contributed by atoms with Crippen LogP contribution in [0.4, 0.5) is 11.5 Å². The predicted octanol–water partition coefficient (Wildman–Crippen LogP) is 1.10. The first-order valence-corrected chi connectivity index (χ1v) is 5.20. The highest BCUT2D eigenvalue weighted by Crippen LogP contribution is 2.21. The summed E-state index contributed by atoms with van der Waals surface area (Å²) in [6, 6.07) is 3.42. The fourth-order valence-corrected chi connectivity index (χ4v) is 1.45. The van der Waals surface area contributed by atoms with Crippen LogP contribution in [0, 0.1) is 11.3 Å². The van der Waals surface area contributed by atoms with Gasteiger partial charge in [0.05, 0.1) is 23.7 Å². The molecule has 6 nitrogen and oxygen atoms in total. The third-order valence-electron chi connectivity index (χ3n) is 2.32. The first-order valence-electron chi connectivity index (χ1n) is 5.20. The minimum atomic E-state index is -1.06. The summed E-state index contributed by atoms with van der Waals surface area (Å²) in [6.45, 7) is 3.10. The Hall–Kier alpha value is -2.29. The molecular formula is C11H14N4O2. The molecule has 0 aromatic carbocycles. The number of nitriles is 1. The number of carboxylic acid groups (broad SMARTS) is 1. The van der Waals surface area contributed by atoms with E-state index < -0.39 is 5.97 Å². The van der Waals surface area contributed by atoms with Gasteiger partial charge in [0, 0.05) is 19.3 Å². The molecule has 1 heterocycles. The van der Waals surface area contributed by atoms with E-state index in [4.69, 9.17) is 16.1 Å². The lowest BCUT2D eigenvalue weighted by Crippen LogP contribution is -2.26. The summed E-state index contributed by atoms with van der Waals surface area (Å²) in [5.74, 6) is -0.538. The third kappa shape index (κ3) is 3.08. The number of nitrogen functional groups attached to an aromatic ring is 1. The van der Waals surface area contributed by atoms with Gasteiger partial charge in [-0.1, -0.05) is 0 Å². The SMILES string of the molecule is CCN(CCC#N)c1ncc(C(=O)O)cc1N. The highest BCUT2D eigenvalue weighted by atomic mass is 16.4. The van der Waals surface area contributed by atoms with Crippen LogP contribution in [-0.4, -0.2) is 29.1 Å². The maximum absolute atomic E-state index is 10.7. The average molecular weight is 234 g/mol. The van der Waals surface area contributed by atoms with E-state index in [0.29, 0.717) is 31.0 Å². The van der Waals surface area contributed by atoms with Gasteiger partial charge in [0.1, 0.15) is 0 Å². The van der Waals surface area contributed by atoms with E-state index in [9.17, 15) is 4.79 Å². The van der Waals surface area contributed by atoms with E-state index in [1.165, 1.54) is 12.3 Å². The number of pyridine rings is 1.